The molecule has 0 radical (unpaired) electrons. The Labute approximate surface area is 154 Å². The maximum Gasteiger partial charge on any atom is 0.338 e. The number of ether oxygens (including phenoxy) is 3. The van der Waals surface area contributed by atoms with Crippen LogP contribution in [0.1, 0.15) is 16.8 Å². The van der Waals surface area contributed by atoms with E-state index < -0.39 is 47.3 Å². The van der Waals surface area contributed by atoms with Crippen molar-refractivity contribution >= 4 is 11.9 Å². The smallest absolute Gasteiger partial charge is 0.338 e. The zero-order valence-corrected chi connectivity index (χ0v) is 14.5. The number of rotatable bonds is 6. The van der Waals surface area contributed by atoms with Crippen molar-refractivity contribution in [1.82, 2.24) is 0 Å². The van der Waals surface area contributed by atoms with Gasteiger partial charge in [0.15, 0.2) is 17.2 Å². The second-order valence-electron chi connectivity index (χ2n) is 5.80. The minimum absolute atomic E-state index is 0.142. The number of hydrogen-bond acceptors (Lipinski definition) is 9. The van der Waals surface area contributed by atoms with Crippen LogP contribution in [0.2, 0.25) is 0 Å². The van der Waals surface area contributed by atoms with Crippen molar-refractivity contribution in [3.63, 3.8) is 0 Å². The largest absolute Gasteiger partial charge is 0.504 e. The Hall–Kier alpha value is -3.20. The first-order valence-corrected chi connectivity index (χ1v) is 7.96. The Kier molecular flexibility index (Phi) is 6.30. The zero-order chi connectivity index (χ0) is 20.1. The Balaban J connectivity index is 2.08. The Morgan fingerprint density at radius 3 is 2.41 bits per heavy atom. The van der Waals surface area contributed by atoms with Gasteiger partial charge in [0.1, 0.15) is 0 Å². The highest BCUT2D eigenvalue weighted by Gasteiger charge is 2.37. The first kappa shape index (κ1) is 20.1. The van der Waals surface area contributed by atoms with Crippen LogP contribution in [0.4, 0.5) is 0 Å². The fourth-order valence-electron chi connectivity index (χ4n) is 2.76. The van der Waals surface area contributed by atoms with Gasteiger partial charge in [-0.2, -0.15) is 0 Å². The molecule has 0 aliphatic carbocycles. The second kappa shape index (κ2) is 8.45. The van der Waals surface area contributed by atoms with Crippen LogP contribution in [0.25, 0.3) is 0 Å². The number of aromatic hydroxyl groups is 3. The minimum atomic E-state index is -1.21. The number of hydrogen-bond donors (Lipinski definition) is 4. The predicted octanol–water partition coefficient (Wildman–Crippen LogP) is 1.17. The van der Waals surface area contributed by atoms with E-state index in [9.17, 15) is 30.0 Å². The number of benzene rings is 1. The van der Waals surface area contributed by atoms with Gasteiger partial charge in [0, 0.05) is 11.8 Å². The van der Waals surface area contributed by atoms with E-state index >= 15 is 0 Å². The van der Waals surface area contributed by atoms with E-state index in [1.807, 2.05) is 0 Å². The average molecular weight is 380 g/mol. The van der Waals surface area contributed by atoms with Crippen molar-refractivity contribution in [2.45, 2.75) is 12.7 Å². The number of methoxy groups -OCH3 is 1. The molecule has 1 aliphatic heterocycles. The summed E-state index contributed by atoms with van der Waals surface area (Å²) in [5.41, 5.74) is 0.00230. The first-order chi connectivity index (χ1) is 12.8. The van der Waals surface area contributed by atoms with E-state index in [-0.39, 0.29) is 24.2 Å². The van der Waals surface area contributed by atoms with Crippen LogP contribution in [0.3, 0.4) is 0 Å². The van der Waals surface area contributed by atoms with Gasteiger partial charge in [-0.05, 0) is 18.6 Å². The Morgan fingerprint density at radius 1 is 1.22 bits per heavy atom. The van der Waals surface area contributed by atoms with E-state index in [0.29, 0.717) is 0 Å². The number of aliphatic hydroxyl groups excluding tert-OH is 1. The molecule has 146 valence electrons. The second-order valence-corrected chi connectivity index (χ2v) is 5.80. The molecular weight excluding hydrogens is 360 g/mol. The van der Waals surface area contributed by atoms with E-state index in [1.54, 1.807) is 0 Å². The van der Waals surface area contributed by atoms with Crippen LogP contribution >= 0.6 is 0 Å². The summed E-state index contributed by atoms with van der Waals surface area (Å²) in [7, 11) is 1.21. The number of aliphatic hydroxyl groups is 1. The summed E-state index contributed by atoms with van der Waals surface area (Å²) in [5.74, 6) is -4.76. The highest BCUT2D eigenvalue weighted by Crippen LogP contribution is 2.36. The van der Waals surface area contributed by atoms with Gasteiger partial charge in [0.25, 0.3) is 0 Å². The molecule has 1 aromatic carbocycles. The fraction of sp³-hybridized carbons (Fsp3) is 0.333. The molecule has 27 heavy (non-hydrogen) atoms. The van der Waals surface area contributed by atoms with Crippen molar-refractivity contribution < 1.29 is 44.2 Å². The van der Waals surface area contributed by atoms with Crippen molar-refractivity contribution in [3.05, 3.63) is 42.2 Å². The predicted molar refractivity (Wildman–Crippen MR) is 90.7 cm³/mol. The van der Waals surface area contributed by atoms with E-state index in [4.69, 9.17) is 14.2 Å². The van der Waals surface area contributed by atoms with Gasteiger partial charge in [-0.25, -0.2) is 9.59 Å². The molecule has 9 nitrogen and oxygen atoms in total. The van der Waals surface area contributed by atoms with E-state index in [0.717, 1.165) is 18.4 Å². The fourth-order valence-corrected chi connectivity index (χ4v) is 2.76. The highest BCUT2D eigenvalue weighted by molar-refractivity contribution is 5.91. The molecule has 0 fully saturated rings. The summed E-state index contributed by atoms with van der Waals surface area (Å²) < 4.78 is 14.8. The normalized spacial score (nSPS) is 21.6. The van der Waals surface area contributed by atoms with Crippen molar-refractivity contribution in [3.8, 4) is 17.2 Å². The summed E-state index contributed by atoms with van der Waals surface area (Å²) in [4.78, 5) is 24.0. The Morgan fingerprint density at radius 2 is 1.85 bits per heavy atom. The molecule has 1 aliphatic rings. The molecule has 1 aromatic rings. The molecule has 9 heteroatoms. The first-order valence-electron chi connectivity index (χ1n) is 7.96. The van der Waals surface area contributed by atoms with Crippen LogP contribution in [0.15, 0.2) is 36.6 Å². The molecule has 3 atom stereocenters. The SMILES string of the molecule is C=C[C@H]1[C@H](O)OC=C(C(=O)OC)[C@@H]1CCOC(=O)c1cc(O)c(O)c(O)c1. The molecule has 0 unspecified atom stereocenters. The van der Waals surface area contributed by atoms with Crippen LogP contribution in [0, 0.1) is 11.8 Å². The molecular formula is C18H20O9. The third kappa shape index (κ3) is 4.32. The van der Waals surface area contributed by atoms with Crippen molar-refractivity contribution in [2.24, 2.45) is 11.8 Å². The number of carbonyl (C=O) groups excluding carboxylic acids is 2. The molecule has 4 N–H and O–H groups in total. The third-order valence-corrected chi connectivity index (χ3v) is 4.19. The van der Waals surface area contributed by atoms with E-state index in [1.165, 1.54) is 13.2 Å². The lowest BCUT2D eigenvalue weighted by atomic mass is 9.82. The van der Waals surface area contributed by atoms with Crippen LogP contribution in [-0.2, 0) is 19.0 Å². The lowest BCUT2D eigenvalue weighted by Crippen LogP contribution is -2.36. The van der Waals surface area contributed by atoms with Gasteiger partial charge in [0.05, 0.1) is 31.1 Å². The molecule has 0 spiro atoms. The lowest BCUT2D eigenvalue weighted by Gasteiger charge is -2.32. The summed E-state index contributed by atoms with van der Waals surface area (Å²) >= 11 is 0. The third-order valence-electron chi connectivity index (χ3n) is 4.19. The number of phenols is 3. The molecule has 0 bridgehead atoms. The monoisotopic (exact) mass is 380 g/mol. The standard InChI is InChI=1S/C18H20O9/c1-3-10-11(12(17(23)25-2)8-27-18(10)24)4-5-26-16(22)9-6-13(19)15(21)14(20)7-9/h3,6-8,10-11,18-21,24H,1,4-5H2,2H3/t10-,11-,18-/m1/s1. The maximum absolute atomic E-state index is 12.1. The molecule has 0 saturated heterocycles. The Bertz CT molecular complexity index is 745. The maximum atomic E-state index is 12.1. The molecule has 2 rings (SSSR count). The summed E-state index contributed by atoms with van der Waals surface area (Å²) in [6.07, 6.45) is 1.49. The number of phenolic OH excluding ortho intramolecular Hbond substituents is 3. The molecule has 0 aromatic heterocycles. The van der Waals surface area contributed by atoms with Gasteiger partial charge >= 0.3 is 11.9 Å². The van der Waals surface area contributed by atoms with Gasteiger partial charge in [-0.3, -0.25) is 0 Å². The van der Waals surface area contributed by atoms with Crippen LogP contribution < -0.4 is 0 Å². The molecule has 1 heterocycles. The summed E-state index contributed by atoms with van der Waals surface area (Å²) in [5, 5.41) is 38.1. The van der Waals surface area contributed by atoms with Crippen molar-refractivity contribution in [1.29, 1.82) is 0 Å². The molecule has 0 saturated carbocycles. The van der Waals surface area contributed by atoms with Gasteiger partial charge < -0.3 is 34.6 Å². The minimum Gasteiger partial charge on any atom is -0.504 e. The van der Waals surface area contributed by atoms with Crippen molar-refractivity contribution in [2.75, 3.05) is 13.7 Å². The van der Waals surface area contributed by atoms with Crippen LogP contribution in [0.5, 0.6) is 17.2 Å². The zero-order valence-electron chi connectivity index (χ0n) is 14.5. The average Bonchev–Trinajstić information content (AvgIpc) is 2.65. The highest BCUT2D eigenvalue weighted by atomic mass is 16.6. The quantitative estimate of drug-likeness (QED) is 0.325. The molecule has 0 amide bonds. The lowest BCUT2D eigenvalue weighted by molar-refractivity contribution is -0.142. The van der Waals surface area contributed by atoms with Crippen LogP contribution in [-0.4, -0.2) is 52.4 Å². The number of carbonyl (C=O) groups is 2. The summed E-state index contributed by atoms with van der Waals surface area (Å²) in [6, 6.07) is 1.89. The topological polar surface area (TPSA) is 143 Å². The number of esters is 2. The summed E-state index contributed by atoms with van der Waals surface area (Å²) in [6.45, 7) is 3.48. The van der Waals surface area contributed by atoms with Gasteiger partial charge in [0.2, 0.25) is 6.29 Å². The van der Waals surface area contributed by atoms with E-state index in [2.05, 4.69) is 6.58 Å². The van der Waals surface area contributed by atoms with Gasteiger partial charge in [-0.15, -0.1) is 6.58 Å². The van der Waals surface area contributed by atoms with Gasteiger partial charge in [-0.1, -0.05) is 6.08 Å².